The van der Waals surface area contributed by atoms with Crippen molar-refractivity contribution in [3.8, 4) is 0 Å². The van der Waals surface area contributed by atoms with Crippen molar-refractivity contribution in [2.75, 3.05) is 20.1 Å². The zero-order valence-corrected chi connectivity index (χ0v) is 13.2. The monoisotopic (exact) mass is 297 g/mol. The Morgan fingerprint density at radius 3 is 2.50 bits per heavy atom. The zero-order valence-electron chi connectivity index (χ0n) is 12.4. The zero-order chi connectivity index (χ0) is 14.0. The molecule has 3 unspecified atom stereocenters. The highest BCUT2D eigenvalue weighted by molar-refractivity contribution is 5.85. The first-order valence-electron chi connectivity index (χ1n) is 6.95. The van der Waals surface area contributed by atoms with E-state index in [9.17, 15) is 9.90 Å². The molecular weight excluding hydrogens is 274 g/mol. The van der Waals surface area contributed by atoms with E-state index in [4.69, 9.17) is 0 Å². The summed E-state index contributed by atoms with van der Waals surface area (Å²) in [5, 5.41) is 9.53. The van der Waals surface area contributed by atoms with E-state index in [-0.39, 0.29) is 23.7 Å². The van der Waals surface area contributed by atoms with Crippen molar-refractivity contribution in [2.24, 2.45) is 11.8 Å². The number of carbonyl (C=O) groups is 1. The Morgan fingerprint density at radius 1 is 1.40 bits per heavy atom. The van der Waals surface area contributed by atoms with Gasteiger partial charge in [0, 0.05) is 12.0 Å². The molecule has 3 atom stereocenters. The van der Waals surface area contributed by atoms with Crippen molar-refractivity contribution < 1.29 is 9.90 Å². The molecular formula is C16H24ClNO2. The summed E-state index contributed by atoms with van der Waals surface area (Å²) in [5.74, 6) is -0.724. The van der Waals surface area contributed by atoms with Crippen molar-refractivity contribution >= 4 is 18.4 Å². The average molecular weight is 298 g/mol. The summed E-state index contributed by atoms with van der Waals surface area (Å²) in [7, 11) is 2.11. The minimum Gasteiger partial charge on any atom is -0.481 e. The van der Waals surface area contributed by atoms with E-state index in [1.165, 1.54) is 5.56 Å². The standard InChI is InChI=1S/C16H23NO2.ClH/c1-12-11-17(3)10-9-16(12,13(2)15(18)19)14-7-5-4-6-8-14;/h4-8,12-13H,9-11H2,1-3H3,(H,18,19);1H. The second-order valence-corrected chi connectivity index (χ2v) is 5.88. The number of benzene rings is 1. The van der Waals surface area contributed by atoms with Crippen LogP contribution in [0.5, 0.6) is 0 Å². The lowest BCUT2D eigenvalue weighted by molar-refractivity contribution is -0.145. The smallest absolute Gasteiger partial charge is 0.307 e. The van der Waals surface area contributed by atoms with Crippen LogP contribution in [0.3, 0.4) is 0 Å². The molecule has 0 bridgehead atoms. The van der Waals surface area contributed by atoms with Crippen molar-refractivity contribution in [3.63, 3.8) is 0 Å². The highest BCUT2D eigenvalue weighted by Crippen LogP contribution is 2.45. The minimum absolute atomic E-state index is 0. The summed E-state index contributed by atoms with van der Waals surface area (Å²) < 4.78 is 0. The number of piperidine rings is 1. The fraction of sp³-hybridized carbons (Fsp3) is 0.562. The molecule has 1 fully saturated rings. The largest absolute Gasteiger partial charge is 0.481 e. The van der Waals surface area contributed by atoms with Gasteiger partial charge in [0.25, 0.3) is 0 Å². The van der Waals surface area contributed by atoms with Crippen LogP contribution in [0.2, 0.25) is 0 Å². The van der Waals surface area contributed by atoms with Crippen LogP contribution in [0, 0.1) is 11.8 Å². The molecule has 1 saturated heterocycles. The number of likely N-dealkylation sites (tertiary alicyclic amines) is 1. The van der Waals surface area contributed by atoms with E-state index in [0.717, 1.165) is 19.5 Å². The van der Waals surface area contributed by atoms with E-state index < -0.39 is 5.97 Å². The van der Waals surface area contributed by atoms with E-state index >= 15 is 0 Å². The molecule has 0 aliphatic carbocycles. The number of halogens is 1. The number of carboxylic acids is 1. The van der Waals surface area contributed by atoms with Gasteiger partial charge in [-0.25, -0.2) is 0 Å². The van der Waals surface area contributed by atoms with E-state index in [0.29, 0.717) is 5.92 Å². The van der Waals surface area contributed by atoms with E-state index in [2.05, 4.69) is 31.0 Å². The Kier molecular flexibility index (Phi) is 5.60. The number of rotatable bonds is 3. The van der Waals surface area contributed by atoms with Crippen LogP contribution < -0.4 is 0 Å². The van der Waals surface area contributed by atoms with E-state index in [1.807, 2.05) is 25.1 Å². The molecule has 0 saturated carbocycles. The number of nitrogens with zero attached hydrogens (tertiary/aromatic N) is 1. The maximum atomic E-state index is 11.6. The first-order chi connectivity index (χ1) is 8.98. The van der Waals surface area contributed by atoms with Gasteiger partial charge in [-0.3, -0.25) is 4.79 Å². The van der Waals surface area contributed by atoms with Gasteiger partial charge in [0.15, 0.2) is 0 Å². The van der Waals surface area contributed by atoms with Crippen LogP contribution in [0.25, 0.3) is 0 Å². The van der Waals surface area contributed by atoms with Crippen LogP contribution in [0.1, 0.15) is 25.8 Å². The fourth-order valence-corrected chi connectivity index (χ4v) is 3.63. The van der Waals surface area contributed by atoms with Gasteiger partial charge in [-0.05, 0) is 31.5 Å². The summed E-state index contributed by atoms with van der Waals surface area (Å²) in [4.78, 5) is 13.9. The third-order valence-corrected chi connectivity index (χ3v) is 4.83. The van der Waals surface area contributed by atoms with Crippen LogP contribution in [-0.4, -0.2) is 36.1 Å². The Bertz CT molecular complexity index is 451. The number of hydrogen-bond donors (Lipinski definition) is 1. The Hall–Kier alpha value is -1.06. The lowest BCUT2D eigenvalue weighted by Gasteiger charge is -2.48. The van der Waals surface area contributed by atoms with Gasteiger partial charge in [0.2, 0.25) is 0 Å². The third kappa shape index (κ3) is 2.84. The first-order valence-corrected chi connectivity index (χ1v) is 6.95. The molecule has 0 aromatic heterocycles. The van der Waals surface area contributed by atoms with Crippen molar-refractivity contribution in [2.45, 2.75) is 25.7 Å². The Labute approximate surface area is 127 Å². The van der Waals surface area contributed by atoms with Crippen LogP contribution in [0.4, 0.5) is 0 Å². The second-order valence-electron chi connectivity index (χ2n) is 5.88. The van der Waals surface area contributed by atoms with Gasteiger partial charge in [-0.15, -0.1) is 12.4 Å². The molecule has 1 aromatic carbocycles. The van der Waals surface area contributed by atoms with Crippen LogP contribution in [0.15, 0.2) is 30.3 Å². The summed E-state index contributed by atoms with van der Waals surface area (Å²) >= 11 is 0. The molecule has 1 heterocycles. The lowest BCUT2D eigenvalue weighted by atomic mass is 9.60. The predicted octanol–water partition coefficient (Wildman–Crippen LogP) is 3.04. The van der Waals surface area contributed by atoms with Gasteiger partial charge in [0.05, 0.1) is 5.92 Å². The Morgan fingerprint density at radius 2 is 2.00 bits per heavy atom. The van der Waals surface area contributed by atoms with Crippen LogP contribution >= 0.6 is 12.4 Å². The number of carboxylic acid groups (broad SMARTS) is 1. The number of hydrogen-bond acceptors (Lipinski definition) is 2. The summed E-state index contributed by atoms with van der Waals surface area (Å²) in [5.41, 5.74) is 0.921. The average Bonchev–Trinajstić information content (AvgIpc) is 2.39. The molecule has 0 spiro atoms. The number of aliphatic carboxylic acids is 1. The van der Waals surface area contributed by atoms with Gasteiger partial charge in [-0.2, -0.15) is 0 Å². The van der Waals surface area contributed by atoms with Gasteiger partial charge < -0.3 is 10.0 Å². The molecule has 1 N–H and O–H groups in total. The van der Waals surface area contributed by atoms with Gasteiger partial charge in [0.1, 0.15) is 0 Å². The highest BCUT2D eigenvalue weighted by atomic mass is 35.5. The molecule has 4 heteroatoms. The van der Waals surface area contributed by atoms with Crippen molar-refractivity contribution in [3.05, 3.63) is 35.9 Å². The minimum atomic E-state index is -0.694. The predicted molar refractivity (Wildman–Crippen MR) is 83.4 cm³/mol. The topological polar surface area (TPSA) is 40.5 Å². The highest BCUT2D eigenvalue weighted by Gasteiger charge is 2.48. The molecule has 1 aliphatic heterocycles. The lowest BCUT2D eigenvalue weighted by Crippen LogP contribution is -2.52. The normalized spacial score (nSPS) is 28.4. The maximum Gasteiger partial charge on any atom is 0.307 e. The molecule has 112 valence electrons. The molecule has 0 radical (unpaired) electrons. The third-order valence-electron chi connectivity index (χ3n) is 4.83. The molecule has 1 aliphatic rings. The van der Waals surface area contributed by atoms with Gasteiger partial charge in [-0.1, -0.05) is 44.2 Å². The maximum absolute atomic E-state index is 11.6. The SMILES string of the molecule is CC1CN(C)CCC1(c1ccccc1)C(C)C(=O)O.Cl. The van der Waals surface area contributed by atoms with E-state index in [1.54, 1.807) is 0 Å². The van der Waals surface area contributed by atoms with Crippen molar-refractivity contribution in [1.82, 2.24) is 4.90 Å². The molecule has 2 rings (SSSR count). The fourth-order valence-electron chi connectivity index (χ4n) is 3.63. The Balaban J connectivity index is 0.00000200. The molecule has 1 aromatic rings. The van der Waals surface area contributed by atoms with Crippen molar-refractivity contribution in [1.29, 1.82) is 0 Å². The summed E-state index contributed by atoms with van der Waals surface area (Å²) in [6.07, 6.45) is 0.905. The summed E-state index contributed by atoms with van der Waals surface area (Å²) in [6, 6.07) is 10.2. The molecule has 0 amide bonds. The molecule has 20 heavy (non-hydrogen) atoms. The second kappa shape index (κ2) is 6.59. The van der Waals surface area contributed by atoms with Crippen LogP contribution in [-0.2, 0) is 10.2 Å². The molecule has 3 nitrogen and oxygen atoms in total. The first kappa shape index (κ1) is 17.0. The summed E-state index contributed by atoms with van der Waals surface area (Å²) in [6.45, 7) is 5.95. The van der Waals surface area contributed by atoms with Gasteiger partial charge >= 0.3 is 5.97 Å². The quantitative estimate of drug-likeness (QED) is 0.932.